The van der Waals surface area contributed by atoms with E-state index >= 15 is 0 Å². The Balaban J connectivity index is 1.68. The quantitative estimate of drug-likeness (QED) is 0.921. The lowest BCUT2D eigenvalue weighted by atomic mass is 9.94. The second kappa shape index (κ2) is 7.38. The van der Waals surface area contributed by atoms with Gasteiger partial charge in [-0.1, -0.05) is 0 Å². The molecule has 0 amide bonds. The van der Waals surface area contributed by atoms with Crippen molar-refractivity contribution in [3.05, 3.63) is 18.1 Å². The van der Waals surface area contributed by atoms with Crippen LogP contribution in [0.1, 0.15) is 37.8 Å². The topological polar surface area (TPSA) is 52.5 Å². The van der Waals surface area contributed by atoms with Crippen LogP contribution in [-0.4, -0.2) is 59.3 Å². The van der Waals surface area contributed by atoms with Crippen LogP contribution in [0.2, 0.25) is 0 Å². The molecule has 0 saturated carbocycles. The number of hydrogen-bond acceptors (Lipinski definition) is 5. The van der Waals surface area contributed by atoms with Crippen molar-refractivity contribution < 1.29 is 5.11 Å². The van der Waals surface area contributed by atoms with Gasteiger partial charge in [-0.2, -0.15) is 0 Å². The predicted molar refractivity (Wildman–Crippen MR) is 88.0 cm³/mol. The summed E-state index contributed by atoms with van der Waals surface area (Å²) in [5.74, 6) is 1.77. The lowest BCUT2D eigenvalue weighted by Crippen LogP contribution is -2.37. The van der Waals surface area contributed by atoms with Crippen LogP contribution in [0.4, 0.5) is 5.82 Å². The van der Waals surface area contributed by atoms with Crippen molar-refractivity contribution in [1.82, 2.24) is 14.9 Å². The average Bonchev–Trinajstić information content (AvgIpc) is 2.74. The minimum Gasteiger partial charge on any atom is -0.393 e. The molecule has 1 N–H and O–H groups in total. The number of anilines is 1. The molecule has 2 saturated heterocycles. The summed E-state index contributed by atoms with van der Waals surface area (Å²) in [7, 11) is 2.22. The van der Waals surface area contributed by atoms with Crippen molar-refractivity contribution >= 4 is 5.82 Å². The Morgan fingerprint density at radius 2 is 1.82 bits per heavy atom. The first-order chi connectivity index (χ1) is 10.7. The average molecular weight is 304 g/mol. The number of piperidine rings is 1. The largest absolute Gasteiger partial charge is 0.393 e. The lowest BCUT2D eigenvalue weighted by molar-refractivity contribution is 0.145. The number of aliphatic hydroxyl groups excluding tert-OH is 1. The van der Waals surface area contributed by atoms with Crippen LogP contribution in [0.3, 0.4) is 0 Å². The van der Waals surface area contributed by atoms with E-state index in [-0.39, 0.29) is 6.10 Å². The molecule has 3 rings (SSSR count). The first kappa shape index (κ1) is 15.7. The summed E-state index contributed by atoms with van der Waals surface area (Å²) in [5.41, 5.74) is 1.15. The molecule has 0 aliphatic carbocycles. The van der Waals surface area contributed by atoms with E-state index in [1.54, 1.807) is 6.20 Å². The molecular weight excluding hydrogens is 276 g/mol. The third kappa shape index (κ3) is 3.96. The van der Waals surface area contributed by atoms with Gasteiger partial charge < -0.3 is 14.9 Å². The van der Waals surface area contributed by atoms with Gasteiger partial charge in [0.15, 0.2) is 0 Å². The van der Waals surface area contributed by atoms with Crippen LogP contribution in [0, 0.1) is 5.92 Å². The van der Waals surface area contributed by atoms with Crippen LogP contribution >= 0.6 is 0 Å². The number of aliphatic hydroxyl groups is 1. The smallest absolute Gasteiger partial charge is 0.150 e. The minimum atomic E-state index is -0.145. The van der Waals surface area contributed by atoms with Gasteiger partial charge in [0.2, 0.25) is 0 Å². The molecule has 122 valence electrons. The molecule has 2 fully saturated rings. The molecule has 0 spiro atoms. The van der Waals surface area contributed by atoms with E-state index in [9.17, 15) is 5.11 Å². The minimum absolute atomic E-state index is 0.145. The standard InChI is InChI=1S/C17H28N4O/c1-20-9-2-3-14(4-10-20)13-16-17(19-8-7-18-16)21-11-5-15(22)6-12-21/h7-8,14-15,22H,2-6,9-13H2,1H3/t14-/m0/s1. The molecule has 0 aromatic carbocycles. The summed E-state index contributed by atoms with van der Waals surface area (Å²) in [6.07, 6.45) is 10.0. The summed E-state index contributed by atoms with van der Waals surface area (Å²) >= 11 is 0. The third-order valence-corrected chi connectivity index (χ3v) is 5.07. The van der Waals surface area contributed by atoms with Gasteiger partial charge in [-0.05, 0) is 64.6 Å². The second-order valence-electron chi connectivity index (χ2n) is 6.85. The highest BCUT2D eigenvalue weighted by Crippen LogP contribution is 2.26. The summed E-state index contributed by atoms with van der Waals surface area (Å²) in [6.45, 7) is 4.19. The Kier molecular flexibility index (Phi) is 5.26. The fourth-order valence-corrected chi connectivity index (χ4v) is 3.63. The first-order valence-corrected chi connectivity index (χ1v) is 8.64. The molecule has 22 heavy (non-hydrogen) atoms. The van der Waals surface area contributed by atoms with E-state index in [4.69, 9.17) is 0 Å². The number of nitrogens with zero attached hydrogens (tertiary/aromatic N) is 4. The van der Waals surface area contributed by atoms with Crippen LogP contribution in [0.5, 0.6) is 0 Å². The number of aromatic nitrogens is 2. The molecule has 1 aromatic heterocycles. The predicted octanol–water partition coefficient (Wildman–Crippen LogP) is 1.71. The Bertz CT molecular complexity index is 473. The van der Waals surface area contributed by atoms with Gasteiger partial charge in [-0.15, -0.1) is 0 Å². The van der Waals surface area contributed by atoms with E-state index in [0.717, 1.165) is 49.8 Å². The SMILES string of the molecule is CN1CCC[C@H](Cc2nccnc2N2CCC(O)CC2)CC1. The first-order valence-electron chi connectivity index (χ1n) is 8.64. The fraction of sp³-hybridized carbons (Fsp3) is 0.765. The van der Waals surface area contributed by atoms with Crippen molar-refractivity contribution in [3.63, 3.8) is 0 Å². The maximum Gasteiger partial charge on any atom is 0.150 e. The highest BCUT2D eigenvalue weighted by Gasteiger charge is 2.23. The van der Waals surface area contributed by atoms with Gasteiger partial charge in [-0.25, -0.2) is 4.98 Å². The lowest BCUT2D eigenvalue weighted by Gasteiger charge is -2.31. The van der Waals surface area contributed by atoms with Gasteiger partial charge >= 0.3 is 0 Å². The zero-order chi connectivity index (χ0) is 15.4. The molecule has 2 aliphatic rings. The Morgan fingerprint density at radius 1 is 1.05 bits per heavy atom. The van der Waals surface area contributed by atoms with Gasteiger partial charge in [-0.3, -0.25) is 4.98 Å². The molecule has 5 nitrogen and oxygen atoms in total. The molecule has 1 atom stereocenters. The maximum absolute atomic E-state index is 9.69. The number of hydrogen-bond donors (Lipinski definition) is 1. The molecule has 2 aliphatic heterocycles. The van der Waals surface area contributed by atoms with E-state index in [1.165, 1.54) is 32.4 Å². The summed E-state index contributed by atoms with van der Waals surface area (Å²) in [5, 5.41) is 9.69. The highest BCUT2D eigenvalue weighted by atomic mass is 16.3. The van der Waals surface area contributed by atoms with Crippen molar-refractivity contribution in [2.24, 2.45) is 5.92 Å². The van der Waals surface area contributed by atoms with E-state index in [2.05, 4.69) is 26.8 Å². The van der Waals surface area contributed by atoms with Crippen molar-refractivity contribution in [2.75, 3.05) is 38.1 Å². The molecular formula is C17H28N4O. The second-order valence-corrected chi connectivity index (χ2v) is 6.85. The molecule has 5 heteroatoms. The fourth-order valence-electron chi connectivity index (χ4n) is 3.63. The highest BCUT2D eigenvalue weighted by molar-refractivity contribution is 5.43. The zero-order valence-corrected chi connectivity index (χ0v) is 13.6. The summed E-state index contributed by atoms with van der Waals surface area (Å²) in [6, 6.07) is 0. The van der Waals surface area contributed by atoms with Crippen molar-refractivity contribution in [2.45, 2.75) is 44.6 Å². The van der Waals surface area contributed by atoms with Gasteiger partial charge in [0.05, 0.1) is 11.8 Å². The third-order valence-electron chi connectivity index (χ3n) is 5.07. The summed E-state index contributed by atoms with van der Waals surface area (Å²) in [4.78, 5) is 14.0. The van der Waals surface area contributed by atoms with E-state index in [0.29, 0.717) is 0 Å². The number of rotatable bonds is 3. The maximum atomic E-state index is 9.69. The van der Waals surface area contributed by atoms with Crippen molar-refractivity contribution in [1.29, 1.82) is 0 Å². The molecule has 1 aromatic rings. The zero-order valence-electron chi connectivity index (χ0n) is 13.6. The monoisotopic (exact) mass is 304 g/mol. The van der Waals surface area contributed by atoms with Gasteiger partial charge in [0.25, 0.3) is 0 Å². The molecule has 3 heterocycles. The van der Waals surface area contributed by atoms with Crippen LogP contribution < -0.4 is 4.90 Å². The van der Waals surface area contributed by atoms with Crippen LogP contribution in [0.15, 0.2) is 12.4 Å². The van der Waals surface area contributed by atoms with E-state index in [1.807, 2.05) is 6.20 Å². The molecule has 0 bridgehead atoms. The number of likely N-dealkylation sites (tertiary alicyclic amines) is 1. The Labute approximate surface area is 133 Å². The Hall–Kier alpha value is -1.20. The normalized spacial score (nSPS) is 25.2. The van der Waals surface area contributed by atoms with Gasteiger partial charge in [0.1, 0.15) is 5.82 Å². The molecule has 0 unspecified atom stereocenters. The van der Waals surface area contributed by atoms with Crippen molar-refractivity contribution in [3.8, 4) is 0 Å². The summed E-state index contributed by atoms with van der Waals surface area (Å²) < 4.78 is 0. The van der Waals surface area contributed by atoms with Crippen LogP contribution in [-0.2, 0) is 6.42 Å². The van der Waals surface area contributed by atoms with E-state index < -0.39 is 0 Å². The van der Waals surface area contributed by atoms with Crippen LogP contribution in [0.25, 0.3) is 0 Å². The molecule has 0 radical (unpaired) electrons. The Morgan fingerprint density at radius 3 is 2.64 bits per heavy atom. The van der Waals surface area contributed by atoms with Gasteiger partial charge in [0, 0.05) is 25.5 Å².